The third-order valence-electron chi connectivity index (χ3n) is 3.25. The van der Waals surface area contributed by atoms with Crippen molar-refractivity contribution in [3.63, 3.8) is 0 Å². The van der Waals surface area contributed by atoms with Crippen LogP contribution in [0.4, 0.5) is 5.69 Å². The van der Waals surface area contributed by atoms with Crippen molar-refractivity contribution in [1.82, 2.24) is 0 Å². The molecule has 0 aliphatic rings. The SMILES string of the molecule is C[C@@H](C(=O)O)c1ccc(NS(=O)(=O)Cc2ccccc2)cc1. The predicted octanol–water partition coefficient (Wildman–Crippen LogP) is 2.82. The molecule has 0 unspecified atom stereocenters. The van der Waals surface area contributed by atoms with Crippen molar-refractivity contribution in [3.8, 4) is 0 Å². The summed E-state index contributed by atoms with van der Waals surface area (Å²) < 4.78 is 26.7. The molecule has 2 N–H and O–H groups in total. The lowest BCUT2D eigenvalue weighted by molar-refractivity contribution is -0.138. The quantitative estimate of drug-likeness (QED) is 0.857. The van der Waals surface area contributed by atoms with Gasteiger partial charge in [0.2, 0.25) is 10.0 Å². The molecule has 0 amide bonds. The van der Waals surface area contributed by atoms with Gasteiger partial charge in [0.1, 0.15) is 0 Å². The van der Waals surface area contributed by atoms with Crippen LogP contribution in [-0.4, -0.2) is 19.5 Å². The molecule has 1 atom stereocenters. The van der Waals surface area contributed by atoms with E-state index >= 15 is 0 Å². The summed E-state index contributed by atoms with van der Waals surface area (Å²) in [6.07, 6.45) is 0. The molecule has 0 bridgehead atoms. The van der Waals surface area contributed by atoms with E-state index in [4.69, 9.17) is 5.11 Å². The van der Waals surface area contributed by atoms with Gasteiger partial charge in [-0.1, -0.05) is 42.5 Å². The average molecular weight is 319 g/mol. The van der Waals surface area contributed by atoms with E-state index in [-0.39, 0.29) is 5.75 Å². The van der Waals surface area contributed by atoms with Gasteiger partial charge in [-0.15, -0.1) is 0 Å². The molecule has 0 fully saturated rings. The minimum absolute atomic E-state index is 0.110. The molecule has 0 spiro atoms. The van der Waals surface area contributed by atoms with Crippen LogP contribution in [0, 0.1) is 0 Å². The van der Waals surface area contributed by atoms with E-state index in [1.54, 1.807) is 55.5 Å². The maximum Gasteiger partial charge on any atom is 0.310 e. The molecule has 0 saturated heterocycles. The van der Waals surface area contributed by atoms with E-state index in [2.05, 4.69) is 4.72 Å². The molecular weight excluding hydrogens is 302 g/mol. The third-order valence-corrected chi connectivity index (χ3v) is 4.51. The lowest BCUT2D eigenvalue weighted by atomic mass is 10.0. The van der Waals surface area contributed by atoms with E-state index in [0.717, 1.165) is 0 Å². The van der Waals surface area contributed by atoms with Crippen LogP contribution in [0.1, 0.15) is 24.0 Å². The minimum Gasteiger partial charge on any atom is -0.481 e. The molecule has 0 aromatic heterocycles. The van der Waals surface area contributed by atoms with Gasteiger partial charge < -0.3 is 5.11 Å². The van der Waals surface area contributed by atoms with Crippen LogP contribution in [-0.2, 0) is 20.6 Å². The molecule has 2 aromatic carbocycles. The Kier molecular flexibility index (Phi) is 4.82. The predicted molar refractivity (Wildman–Crippen MR) is 85.2 cm³/mol. The molecule has 2 rings (SSSR count). The van der Waals surface area contributed by atoms with E-state index in [0.29, 0.717) is 16.8 Å². The van der Waals surface area contributed by atoms with Crippen molar-refractivity contribution in [1.29, 1.82) is 0 Å². The van der Waals surface area contributed by atoms with Gasteiger partial charge >= 0.3 is 5.97 Å². The van der Waals surface area contributed by atoms with E-state index in [1.807, 2.05) is 6.07 Å². The van der Waals surface area contributed by atoms with Gasteiger partial charge in [-0.2, -0.15) is 0 Å². The van der Waals surface area contributed by atoms with Crippen LogP contribution in [0.2, 0.25) is 0 Å². The number of benzene rings is 2. The van der Waals surface area contributed by atoms with Crippen molar-refractivity contribution in [2.75, 3.05) is 4.72 Å². The normalized spacial score (nSPS) is 12.6. The summed E-state index contributed by atoms with van der Waals surface area (Å²) in [6.45, 7) is 1.58. The number of nitrogens with one attached hydrogen (secondary N) is 1. The number of hydrogen-bond donors (Lipinski definition) is 2. The topological polar surface area (TPSA) is 83.5 Å². The van der Waals surface area contributed by atoms with Crippen molar-refractivity contribution in [2.45, 2.75) is 18.6 Å². The Hall–Kier alpha value is -2.34. The first-order valence-corrected chi connectivity index (χ1v) is 8.40. The Bertz CT molecular complexity index is 739. The molecule has 0 saturated carbocycles. The Balaban J connectivity index is 2.08. The van der Waals surface area contributed by atoms with Crippen LogP contribution in [0.15, 0.2) is 54.6 Å². The molecule has 0 aliphatic heterocycles. The highest BCUT2D eigenvalue weighted by Crippen LogP contribution is 2.19. The van der Waals surface area contributed by atoms with E-state index in [1.165, 1.54) is 0 Å². The number of anilines is 1. The Labute approximate surface area is 129 Å². The molecule has 116 valence electrons. The number of aliphatic carboxylic acids is 1. The lowest BCUT2D eigenvalue weighted by Gasteiger charge is -2.10. The first-order chi connectivity index (χ1) is 10.4. The second-order valence-corrected chi connectivity index (χ2v) is 6.75. The average Bonchev–Trinajstić information content (AvgIpc) is 2.47. The second-order valence-electron chi connectivity index (χ2n) is 5.03. The third kappa shape index (κ3) is 4.33. The summed E-state index contributed by atoms with van der Waals surface area (Å²) in [5, 5.41) is 8.94. The zero-order valence-corrected chi connectivity index (χ0v) is 12.9. The first kappa shape index (κ1) is 16.0. The molecule has 0 radical (unpaired) electrons. The fraction of sp³-hybridized carbons (Fsp3) is 0.188. The van der Waals surface area contributed by atoms with Crippen molar-refractivity contribution < 1.29 is 18.3 Å². The summed E-state index contributed by atoms with van der Waals surface area (Å²) in [7, 11) is -3.50. The summed E-state index contributed by atoms with van der Waals surface area (Å²) in [5.74, 6) is -1.66. The second kappa shape index (κ2) is 6.62. The molecule has 6 heteroatoms. The summed E-state index contributed by atoms with van der Waals surface area (Å²) in [5.41, 5.74) is 1.74. The first-order valence-electron chi connectivity index (χ1n) is 6.74. The number of carbonyl (C=O) groups is 1. The minimum atomic E-state index is -3.50. The van der Waals surface area contributed by atoms with Gasteiger partial charge in [0, 0.05) is 5.69 Å². The number of rotatable bonds is 6. The van der Waals surface area contributed by atoms with Gasteiger partial charge in [0.05, 0.1) is 11.7 Å². The maximum absolute atomic E-state index is 12.1. The Morgan fingerprint density at radius 2 is 1.68 bits per heavy atom. The van der Waals surface area contributed by atoms with E-state index < -0.39 is 21.9 Å². The molecular formula is C16H17NO4S. The molecule has 2 aromatic rings. The highest BCUT2D eigenvalue weighted by molar-refractivity contribution is 7.91. The van der Waals surface area contributed by atoms with Gasteiger partial charge in [-0.25, -0.2) is 8.42 Å². The standard InChI is InChI=1S/C16H17NO4S/c1-12(16(18)19)14-7-9-15(10-8-14)17-22(20,21)11-13-5-3-2-4-6-13/h2-10,12,17H,11H2,1H3,(H,18,19)/t12-/m1/s1. The number of carboxylic acid groups (broad SMARTS) is 1. The van der Waals surface area contributed by atoms with Gasteiger partial charge in [-0.3, -0.25) is 9.52 Å². The zero-order valence-electron chi connectivity index (χ0n) is 12.1. The van der Waals surface area contributed by atoms with Gasteiger partial charge in [0.15, 0.2) is 0 Å². The molecule has 5 nitrogen and oxygen atoms in total. The lowest BCUT2D eigenvalue weighted by Crippen LogP contribution is -2.15. The highest BCUT2D eigenvalue weighted by Gasteiger charge is 2.15. The van der Waals surface area contributed by atoms with Crippen molar-refractivity contribution >= 4 is 21.7 Å². The number of carboxylic acids is 1. The molecule has 0 heterocycles. The fourth-order valence-electron chi connectivity index (χ4n) is 1.99. The summed E-state index contributed by atoms with van der Waals surface area (Å²) in [4.78, 5) is 10.9. The van der Waals surface area contributed by atoms with Gasteiger partial charge in [0.25, 0.3) is 0 Å². The van der Waals surface area contributed by atoms with Crippen molar-refractivity contribution in [3.05, 3.63) is 65.7 Å². The summed E-state index contributed by atoms with van der Waals surface area (Å²) >= 11 is 0. The van der Waals surface area contributed by atoms with Crippen LogP contribution in [0.25, 0.3) is 0 Å². The number of sulfonamides is 1. The zero-order chi connectivity index (χ0) is 16.2. The monoisotopic (exact) mass is 319 g/mol. The largest absolute Gasteiger partial charge is 0.481 e. The highest BCUT2D eigenvalue weighted by atomic mass is 32.2. The maximum atomic E-state index is 12.1. The molecule has 22 heavy (non-hydrogen) atoms. The van der Waals surface area contributed by atoms with Crippen LogP contribution in [0.3, 0.4) is 0 Å². The van der Waals surface area contributed by atoms with Crippen molar-refractivity contribution in [2.24, 2.45) is 0 Å². The van der Waals surface area contributed by atoms with E-state index in [9.17, 15) is 13.2 Å². The van der Waals surface area contributed by atoms with Gasteiger partial charge in [-0.05, 0) is 30.2 Å². The fourth-order valence-corrected chi connectivity index (χ4v) is 3.19. The summed E-state index contributed by atoms with van der Waals surface area (Å²) in [6, 6.07) is 15.2. The van der Waals surface area contributed by atoms with Crippen LogP contribution >= 0.6 is 0 Å². The Morgan fingerprint density at radius 3 is 2.23 bits per heavy atom. The number of hydrogen-bond acceptors (Lipinski definition) is 3. The van der Waals surface area contributed by atoms with Crippen LogP contribution in [0.5, 0.6) is 0 Å². The van der Waals surface area contributed by atoms with Crippen LogP contribution < -0.4 is 4.72 Å². The molecule has 0 aliphatic carbocycles. The Morgan fingerprint density at radius 1 is 1.09 bits per heavy atom. The smallest absolute Gasteiger partial charge is 0.310 e.